The molecule has 15 heavy (non-hydrogen) atoms. The monoisotopic (exact) mass is 266 g/mol. The van der Waals surface area contributed by atoms with Crippen LogP contribution >= 0.6 is 35.0 Å². The van der Waals surface area contributed by atoms with E-state index in [9.17, 15) is 0 Å². The summed E-state index contributed by atoms with van der Waals surface area (Å²) in [6, 6.07) is 0.284. The molecule has 1 N–H and O–H groups in total. The first kappa shape index (κ1) is 12.8. The van der Waals surface area contributed by atoms with Gasteiger partial charge in [-0.15, -0.1) is 0 Å². The normalized spacial score (nSPS) is 12.5. The summed E-state index contributed by atoms with van der Waals surface area (Å²) < 4.78 is 0. The van der Waals surface area contributed by atoms with Gasteiger partial charge in [-0.25, -0.2) is 0 Å². The fourth-order valence-corrected chi connectivity index (χ4v) is 1.93. The highest BCUT2D eigenvalue weighted by atomic mass is 35.5. The highest BCUT2D eigenvalue weighted by Gasteiger charge is 2.06. The SMILES string of the molecule is CSCCC(C)Nc1nc(Cl)nc(Cl)n1. The molecule has 4 nitrogen and oxygen atoms in total. The number of nitrogens with zero attached hydrogens (tertiary/aromatic N) is 3. The van der Waals surface area contributed by atoms with Gasteiger partial charge in [0.25, 0.3) is 0 Å². The van der Waals surface area contributed by atoms with Crippen LogP contribution in [0.25, 0.3) is 0 Å². The maximum Gasteiger partial charge on any atom is 0.228 e. The number of nitrogens with one attached hydrogen (secondary N) is 1. The molecule has 1 heterocycles. The lowest BCUT2D eigenvalue weighted by molar-refractivity contribution is 0.758. The van der Waals surface area contributed by atoms with E-state index in [0.717, 1.165) is 12.2 Å². The van der Waals surface area contributed by atoms with Crippen LogP contribution in [0.4, 0.5) is 5.95 Å². The topological polar surface area (TPSA) is 50.7 Å². The van der Waals surface area contributed by atoms with E-state index >= 15 is 0 Å². The maximum absolute atomic E-state index is 5.65. The predicted molar refractivity (Wildman–Crippen MR) is 65.9 cm³/mol. The van der Waals surface area contributed by atoms with E-state index in [0.29, 0.717) is 5.95 Å². The molecule has 0 aromatic carbocycles. The molecule has 0 saturated heterocycles. The van der Waals surface area contributed by atoms with Crippen LogP contribution in [-0.4, -0.2) is 33.0 Å². The third-order valence-corrected chi connectivity index (χ3v) is 2.69. The molecule has 7 heteroatoms. The first-order valence-corrected chi connectivity index (χ1v) is 6.59. The van der Waals surface area contributed by atoms with E-state index in [2.05, 4.69) is 33.4 Å². The van der Waals surface area contributed by atoms with Crippen molar-refractivity contribution < 1.29 is 0 Å². The zero-order valence-corrected chi connectivity index (χ0v) is 10.8. The van der Waals surface area contributed by atoms with Crippen LogP contribution in [0.2, 0.25) is 10.6 Å². The Kier molecular flexibility index (Phi) is 5.42. The molecular formula is C8H12Cl2N4S. The number of halogens is 2. The van der Waals surface area contributed by atoms with Crippen molar-refractivity contribution in [3.8, 4) is 0 Å². The van der Waals surface area contributed by atoms with E-state index in [1.165, 1.54) is 0 Å². The van der Waals surface area contributed by atoms with E-state index in [-0.39, 0.29) is 16.6 Å². The Balaban J connectivity index is 2.56. The Bertz CT molecular complexity index is 303. The molecule has 1 unspecified atom stereocenters. The van der Waals surface area contributed by atoms with Gasteiger partial charge in [0.15, 0.2) is 0 Å². The molecule has 0 amide bonds. The van der Waals surface area contributed by atoms with Gasteiger partial charge in [-0.1, -0.05) is 0 Å². The van der Waals surface area contributed by atoms with Crippen molar-refractivity contribution in [2.24, 2.45) is 0 Å². The standard InChI is InChI=1S/C8H12Cl2N4S/c1-5(3-4-15-2)11-8-13-6(9)12-7(10)14-8/h5H,3-4H2,1-2H3,(H,11,12,13,14). The van der Waals surface area contributed by atoms with Gasteiger partial charge < -0.3 is 5.32 Å². The number of rotatable bonds is 5. The third-order valence-electron chi connectivity index (χ3n) is 1.71. The van der Waals surface area contributed by atoms with Gasteiger partial charge in [0.2, 0.25) is 16.5 Å². The summed E-state index contributed by atoms with van der Waals surface area (Å²) in [5.41, 5.74) is 0. The van der Waals surface area contributed by atoms with Crippen molar-refractivity contribution in [2.75, 3.05) is 17.3 Å². The number of anilines is 1. The zero-order valence-electron chi connectivity index (χ0n) is 8.50. The molecule has 0 aliphatic rings. The van der Waals surface area contributed by atoms with Crippen LogP contribution in [0.3, 0.4) is 0 Å². The van der Waals surface area contributed by atoms with Gasteiger partial charge in [-0.3, -0.25) is 0 Å². The average Bonchev–Trinajstić information content (AvgIpc) is 2.13. The minimum absolute atomic E-state index is 0.106. The molecule has 1 rings (SSSR count). The Morgan fingerprint density at radius 1 is 1.27 bits per heavy atom. The van der Waals surface area contributed by atoms with Crippen LogP contribution in [-0.2, 0) is 0 Å². The molecule has 0 spiro atoms. The summed E-state index contributed by atoms with van der Waals surface area (Å²) in [6.45, 7) is 2.06. The van der Waals surface area contributed by atoms with Gasteiger partial charge in [0, 0.05) is 6.04 Å². The molecule has 1 aromatic heterocycles. The second-order valence-corrected chi connectivity index (χ2v) is 4.69. The highest BCUT2D eigenvalue weighted by Crippen LogP contribution is 2.11. The Morgan fingerprint density at radius 3 is 2.40 bits per heavy atom. The Morgan fingerprint density at radius 2 is 1.87 bits per heavy atom. The molecule has 1 atom stereocenters. The van der Waals surface area contributed by atoms with Gasteiger partial charge in [0.1, 0.15) is 0 Å². The van der Waals surface area contributed by atoms with Crippen LogP contribution < -0.4 is 5.32 Å². The van der Waals surface area contributed by atoms with Gasteiger partial charge in [-0.05, 0) is 48.6 Å². The van der Waals surface area contributed by atoms with Gasteiger partial charge >= 0.3 is 0 Å². The molecule has 84 valence electrons. The lowest BCUT2D eigenvalue weighted by atomic mass is 10.3. The smallest absolute Gasteiger partial charge is 0.228 e. The predicted octanol–water partition coefficient (Wildman–Crippen LogP) is 2.73. The summed E-state index contributed by atoms with van der Waals surface area (Å²) in [7, 11) is 0. The van der Waals surface area contributed by atoms with Crippen molar-refractivity contribution in [1.82, 2.24) is 15.0 Å². The summed E-state index contributed by atoms with van der Waals surface area (Å²) in [4.78, 5) is 11.5. The first-order valence-electron chi connectivity index (χ1n) is 4.44. The van der Waals surface area contributed by atoms with Crippen LogP contribution in [0.5, 0.6) is 0 Å². The molecule has 0 aliphatic heterocycles. The molecule has 0 saturated carbocycles. The summed E-state index contributed by atoms with van der Waals surface area (Å²) in [5.74, 6) is 1.51. The van der Waals surface area contributed by atoms with Gasteiger partial charge in [-0.2, -0.15) is 26.7 Å². The molecule has 0 fully saturated rings. The fraction of sp³-hybridized carbons (Fsp3) is 0.625. The van der Waals surface area contributed by atoms with Crippen LogP contribution in [0, 0.1) is 0 Å². The summed E-state index contributed by atoms with van der Waals surface area (Å²) in [6.07, 6.45) is 3.10. The average molecular weight is 267 g/mol. The summed E-state index contributed by atoms with van der Waals surface area (Å²) >= 11 is 13.1. The number of aromatic nitrogens is 3. The quantitative estimate of drug-likeness (QED) is 0.888. The molecule has 0 aliphatic carbocycles. The number of thioether (sulfide) groups is 1. The largest absolute Gasteiger partial charge is 0.352 e. The zero-order chi connectivity index (χ0) is 11.3. The minimum atomic E-state index is 0.106. The second kappa shape index (κ2) is 6.35. The first-order chi connectivity index (χ1) is 7.11. The van der Waals surface area contributed by atoms with Crippen molar-refractivity contribution in [3.63, 3.8) is 0 Å². The van der Waals surface area contributed by atoms with E-state index < -0.39 is 0 Å². The number of hydrogen-bond donors (Lipinski definition) is 1. The Hall–Kier alpha value is -0.260. The molecule has 1 aromatic rings. The van der Waals surface area contributed by atoms with Crippen LogP contribution in [0.1, 0.15) is 13.3 Å². The molecule has 0 radical (unpaired) electrons. The van der Waals surface area contributed by atoms with Crippen molar-refractivity contribution in [1.29, 1.82) is 0 Å². The van der Waals surface area contributed by atoms with E-state index in [1.807, 2.05) is 0 Å². The molecular weight excluding hydrogens is 255 g/mol. The minimum Gasteiger partial charge on any atom is -0.352 e. The van der Waals surface area contributed by atoms with Crippen LogP contribution in [0.15, 0.2) is 0 Å². The van der Waals surface area contributed by atoms with E-state index in [4.69, 9.17) is 23.2 Å². The van der Waals surface area contributed by atoms with Crippen molar-refractivity contribution in [3.05, 3.63) is 10.6 Å². The number of hydrogen-bond acceptors (Lipinski definition) is 5. The Labute approximate surface area is 103 Å². The third kappa shape index (κ3) is 4.86. The second-order valence-electron chi connectivity index (χ2n) is 3.02. The van der Waals surface area contributed by atoms with Crippen molar-refractivity contribution >= 4 is 40.9 Å². The lowest BCUT2D eigenvalue weighted by Gasteiger charge is -2.12. The highest BCUT2D eigenvalue weighted by molar-refractivity contribution is 7.98. The fourth-order valence-electron chi connectivity index (χ4n) is 0.978. The van der Waals surface area contributed by atoms with Gasteiger partial charge in [0.05, 0.1) is 0 Å². The lowest BCUT2D eigenvalue weighted by Crippen LogP contribution is -2.18. The molecule has 0 bridgehead atoms. The van der Waals surface area contributed by atoms with E-state index in [1.54, 1.807) is 11.8 Å². The van der Waals surface area contributed by atoms with Crippen molar-refractivity contribution in [2.45, 2.75) is 19.4 Å². The maximum atomic E-state index is 5.65. The summed E-state index contributed by atoms with van der Waals surface area (Å²) in [5, 5.41) is 3.33.